The lowest BCUT2D eigenvalue weighted by Gasteiger charge is -2.16. The van der Waals surface area contributed by atoms with Crippen molar-refractivity contribution >= 4 is 22.8 Å². The van der Waals surface area contributed by atoms with Crippen LogP contribution in [-0.2, 0) is 11.8 Å². The Bertz CT molecular complexity index is 1690. The van der Waals surface area contributed by atoms with Gasteiger partial charge in [0, 0.05) is 55.0 Å². The Kier molecular flexibility index (Phi) is 5.95. The van der Waals surface area contributed by atoms with Crippen LogP contribution in [0.25, 0.3) is 22.2 Å². The van der Waals surface area contributed by atoms with Gasteiger partial charge in [0.25, 0.3) is 0 Å². The number of likely N-dealkylation sites (tertiary alicyclic amines) is 1. The van der Waals surface area contributed by atoms with E-state index < -0.39 is 0 Å². The molecule has 0 radical (unpaired) electrons. The molecule has 2 N–H and O–H groups in total. The fourth-order valence-corrected chi connectivity index (χ4v) is 5.52. The SMILES string of the molecule is C=CC(=O)N1C[C@@H]2[C@@H](C#Cc3c(-c4ccc(Oc5cccc(C)n5)cc4OC)c4c(N)ncnc4n3C)[C@@H]2C1. The maximum Gasteiger partial charge on any atom is 0.245 e. The number of methoxy groups -OCH3 is 1. The first-order valence-corrected chi connectivity index (χ1v) is 12.7. The molecule has 4 heterocycles. The predicted octanol–water partition coefficient (Wildman–Crippen LogP) is 3.96. The molecule has 1 saturated carbocycles. The number of carbonyl (C=O) groups excluding carboxylic acids is 1. The smallest absolute Gasteiger partial charge is 0.245 e. The number of anilines is 1. The van der Waals surface area contributed by atoms with Crippen molar-refractivity contribution < 1.29 is 14.3 Å². The first-order valence-electron chi connectivity index (χ1n) is 12.7. The maximum atomic E-state index is 12.0. The van der Waals surface area contributed by atoms with Crippen molar-refractivity contribution in [3.05, 3.63) is 66.8 Å². The highest BCUT2D eigenvalue weighted by Gasteiger charge is 2.55. The van der Waals surface area contributed by atoms with E-state index in [0.29, 0.717) is 40.7 Å². The van der Waals surface area contributed by atoms with Gasteiger partial charge in [0.1, 0.15) is 35.0 Å². The van der Waals surface area contributed by atoms with Gasteiger partial charge < -0.3 is 24.7 Å². The highest BCUT2D eigenvalue weighted by Crippen LogP contribution is 2.51. The largest absolute Gasteiger partial charge is 0.496 e. The first kappa shape index (κ1) is 24.5. The maximum absolute atomic E-state index is 12.0. The number of amides is 1. The van der Waals surface area contributed by atoms with Crippen molar-refractivity contribution in [1.82, 2.24) is 24.4 Å². The Hall–Kier alpha value is -4.84. The lowest BCUT2D eigenvalue weighted by Crippen LogP contribution is -2.29. The fraction of sp³-hybridized carbons (Fsp3) is 0.267. The summed E-state index contributed by atoms with van der Waals surface area (Å²) in [5.41, 5.74) is 10.3. The van der Waals surface area contributed by atoms with Crippen molar-refractivity contribution in [2.75, 3.05) is 25.9 Å². The summed E-state index contributed by atoms with van der Waals surface area (Å²) in [7, 11) is 3.54. The Labute approximate surface area is 226 Å². The van der Waals surface area contributed by atoms with Crippen molar-refractivity contribution in [3.63, 3.8) is 0 Å². The van der Waals surface area contributed by atoms with Gasteiger partial charge >= 0.3 is 0 Å². The van der Waals surface area contributed by atoms with Crippen LogP contribution in [0.4, 0.5) is 5.82 Å². The molecule has 1 amide bonds. The zero-order valence-electron chi connectivity index (χ0n) is 22.0. The van der Waals surface area contributed by atoms with Gasteiger partial charge in [-0.2, -0.15) is 0 Å². The summed E-state index contributed by atoms with van der Waals surface area (Å²) in [6.45, 7) is 6.96. The quantitative estimate of drug-likeness (QED) is 0.313. The number of aryl methyl sites for hydroxylation is 2. The van der Waals surface area contributed by atoms with Crippen LogP contribution in [0.1, 0.15) is 11.4 Å². The number of pyridine rings is 1. The minimum Gasteiger partial charge on any atom is -0.496 e. The molecule has 1 aliphatic carbocycles. The van der Waals surface area contributed by atoms with E-state index in [1.165, 1.54) is 12.4 Å². The van der Waals surface area contributed by atoms with E-state index in [-0.39, 0.29) is 11.8 Å². The van der Waals surface area contributed by atoms with E-state index in [9.17, 15) is 4.79 Å². The number of piperidine rings is 1. The number of hydrogen-bond donors (Lipinski definition) is 1. The number of rotatable bonds is 5. The van der Waals surface area contributed by atoms with Crippen molar-refractivity contribution in [2.45, 2.75) is 6.92 Å². The normalized spacial score (nSPS) is 19.3. The average Bonchev–Trinajstić information content (AvgIpc) is 3.24. The number of nitrogens with two attached hydrogens (primary N) is 1. The summed E-state index contributed by atoms with van der Waals surface area (Å²) >= 11 is 0. The molecule has 4 aromatic rings. The Balaban J connectivity index is 1.39. The monoisotopic (exact) mass is 520 g/mol. The minimum atomic E-state index is -0.0170. The molecule has 6 rings (SSSR count). The fourth-order valence-electron chi connectivity index (χ4n) is 5.52. The zero-order valence-corrected chi connectivity index (χ0v) is 22.0. The molecule has 39 heavy (non-hydrogen) atoms. The van der Waals surface area contributed by atoms with Gasteiger partial charge in [0.2, 0.25) is 11.8 Å². The summed E-state index contributed by atoms with van der Waals surface area (Å²) in [4.78, 5) is 27.0. The molecule has 196 valence electrons. The van der Waals surface area contributed by atoms with Gasteiger partial charge in [-0.25, -0.2) is 15.0 Å². The minimum absolute atomic E-state index is 0.0170. The van der Waals surface area contributed by atoms with E-state index >= 15 is 0 Å². The summed E-state index contributed by atoms with van der Waals surface area (Å²) in [6.07, 6.45) is 2.83. The molecular weight excluding hydrogens is 492 g/mol. The molecule has 0 spiro atoms. The van der Waals surface area contributed by atoms with Gasteiger partial charge in [-0.1, -0.05) is 18.6 Å². The second-order valence-corrected chi connectivity index (χ2v) is 9.89. The van der Waals surface area contributed by atoms with Crippen LogP contribution in [0, 0.1) is 36.5 Å². The van der Waals surface area contributed by atoms with E-state index in [4.69, 9.17) is 15.2 Å². The molecule has 1 saturated heterocycles. The molecule has 3 aromatic heterocycles. The average molecular weight is 521 g/mol. The molecule has 9 nitrogen and oxygen atoms in total. The number of carbonyl (C=O) groups is 1. The number of nitrogen functional groups attached to an aromatic ring is 1. The van der Waals surface area contributed by atoms with Gasteiger partial charge in [0.15, 0.2) is 0 Å². The zero-order chi connectivity index (χ0) is 27.3. The van der Waals surface area contributed by atoms with Gasteiger partial charge in [-0.15, -0.1) is 0 Å². The number of aromatic nitrogens is 4. The van der Waals surface area contributed by atoms with Crippen molar-refractivity contribution in [3.8, 4) is 40.3 Å². The van der Waals surface area contributed by atoms with E-state index in [2.05, 4.69) is 33.4 Å². The molecule has 1 aliphatic heterocycles. The molecule has 2 fully saturated rings. The van der Waals surface area contributed by atoms with Crippen LogP contribution >= 0.6 is 0 Å². The Morgan fingerprint density at radius 3 is 2.72 bits per heavy atom. The Morgan fingerprint density at radius 1 is 1.21 bits per heavy atom. The molecule has 0 unspecified atom stereocenters. The number of nitrogens with zero attached hydrogens (tertiary/aromatic N) is 5. The number of hydrogen-bond acceptors (Lipinski definition) is 7. The third-order valence-electron chi connectivity index (χ3n) is 7.56. The molecule has 2 aliphatic rings. The highest BCUT2D eigenvalue weighted by atomic mass is 16.5. The lowest BCUT2D eigenvalue weighted by molar-refractivity contribution is -0.125. The number of ether oxygens (including phenoxy) is 2. The van der Waals surface area contributed by atoms with Crippen molar-refractivity contribution in [2.24, 2.45) is 24.8 Å². The van der Waals surface area contributed by atoms with Crippen LogP contribution in [0.2, 0.25) is 0 Å². The van der Waals surface area contributed by atoms with Crippen molar-refractivity contribution in [1.29, 1.82) is 0 Å². The summed E-state index contributed by atoms with van der Waals surface area (Å²) in [5, 5.41) is 0.718. The predicted molar refractivity (Wildman–Crippen MR) is 148 cm³/mol. The van der Waals surface area contributed by atoms with E-state index in [1.807, 2.05) is 59.8 Å². The number of fused-ring (bicyclic) bond motifs is 2. The van der Waals surface area contributed by atoms with Crippen LogP contribution in [0.15, 0.2) is 55.4 Å². The summed E-state index contributed by atoms with van der Waals surface area (Å²) in [6, 6.07) is 11.2. The topological polar surface area (TPSA) is 108 Å². The first-order chi connectivity index (χ1) is 18.9. The van der Waals surface area contributed by atoms with Gasteiger partial charge in [-0.05, 0) is 49.0 Å². The van der Waals surface area contributed by atoms with Crippen LogP contribution in [0.3, 0.4) is 0 Å². The van der Waals surface area contributed by atoms with Gasteiger partial charge in [0.05, 0.1) is 12.5 Å². The standard InChI is InChI=1S/C30H28N6O3/c1-5-26(37)36-14-21-19(22(21)15-36)11-12-23-27(28-29(31)32-16-33-30(28)35(23)3)20-10-9-18(13-24(20)38-4)39-25-8-6-7-17(2)34-25/h5-10,13,16,19,21-22H,1,14-15H2,2-4H3,(H2,31,32,33)/t19-,21-,22+. The molecule has 9 heteroatoms. The Morgan fingerprint density at radius 2 is 2.00 bits per heavy atom. The molecule has 3 atom stereocenters. The highest BCUT2D eigenvalue weighted by molar-refractivity contribution is 6.04. The summed E-state index contributed by atoms with van der Waals surface area (Å²) in [5.74, 6) is 9.97. The van der Waals surface area contributed by atoms with Gasteiger partial charge in [-0.3, -0.25) is 4.79 Å². The third kappa shape index (κ3) is 4.24. The van der Waals surface area contributed by atoms with E-state index in [1.54, 1.807) is 7.11 Å². The molecule has 0 bridgehead atoms. The van der Waals surface area contributed by atoms with Crippen LogP contribution in [0.5, 0.6) is 17.4 Å². The second kappa shape index (κ2) is 9.48. The second-order valence-electron chi connectivity index (χ2n) is 9.89. The summed E-state index contributed by atoms with van der Waals surface area (Å²) < 4.78 is 13.8. The van der Waals surface area contributed by atoms with E-state index in [0.717, 1.165) is 41.0 Å². The van der Waals surface area contributed by atoms with Crippen LogP contribution < -0.4 is 15.2 Å². The lowest BCUT2D eigenvalue weighted by atomic mass is 10.0. The third-order valence-corrected chi connectivity index (χ3v) is 7.56. The number of benzene rings is 1. The van der Waals surface area contributed by atoms with Crippen LogP contribution in [-0.4, -0.2) is 50.5 Å². The molecular formula is C30H28N6O3. The molecule has 1 aromatic carbocycles.